The van der Waals surface area contributed by atoms with Gasteiger partial charge in [-0.2, -0.15) is 0 Å². The molecule has 1 heterocycles. The first kappa shape index (κ1) is 9.96. The standard InChI is InChI=1S/C9H20N2O/c10-5-1-2-6-11-9-4-3-7-12-8-9/h9,11H,1-8,10H2. The van der Waals surface area contributed by atoms with Gasteiger partial charge in [0.05, 0.1) is 6.61 Å². The van der Waals surface area contributed by atoms with E-state index in [1.54, 1.807) is 0 Å². The van der Waals surface area contributed by atoms with Crippen LogP contribution in [0.25, 0.3) is 0 Å². The van der Waals surface area contributed by atoms with Crippen LogP contribution in [0.2, 0.25) is 0 Å². The van der Waals surface area contributed by atoms with Gasteiger partial charge >= 0.3 is 0 Å². The molecular weight excluding hydrogens is 152 g/mol. The average Bonchev–Trinajstić information content (AvgIpc) is 2.14. The molecule has 1 saturated heterocycles. The molecule has 0 bridgehead atoms. The smallest absolute Gasteiger partial charge is 0.0619 e. The van der Waals surface area contributed by atoms with Gasteiger partial charge in [0.1, 0.15) is 0 Å². The summed E-state index contributed by atoms with van der Waals surface area (Å²) in [6.07, 6.45) is 4.78. The van der Waals surface area contributed by atoms with E-state index in [0.717, 1.165) is 32.7 Å². The molecule has 1 fully saturated rings. The fourth-order valence-corrected chi connectivity index (χ4v) is 1.48. The Morgan fingerprint density at radius 2 is 2.33 bits per heavy atom. The SMILES string of the molecule is NCCCCNC1CCCOC1. The summed E-state index contributed by atoms with van der Waals surface area (Å²) in [4.78, 5) is 0. The molecule has 3 nitrogen and oxygen atoms in total. The molecule has 0 amide bonds. The predicted octanol–water partition coefficient (Wildman–Crippen LogP) is 0.494. The Morgan fingerprint density at radius 3 is 3.00 bits per heavy atom. The van der Waals surface area contributed by atoms with Crippen molar-refractivity contribution in [1.29, 1.82) is 0 Å². The van der Waals surface area contributed by atoms with Gasteiger partial charge in [-0.25, -0.2) is 0 Å². The molecule has 3 heteroatoms. The lowest BCUT2D eigenvalue weighted by molar-refractivity contribution is 0.0705. The van der Waals surface area contributed by atoms with Crippen molar-refractivity contribution in [2.45, 2.75) is 31.7 Å². The minimum atomic E-state index is 0.594. The number of nitrogens with one attached hydrogen (secondary N) is 1. The van der Waals surface area contributed by atoms with Crippen LogP contribution >= 0.6 is 0 Å². The topological polar surface area (TPSA) is 47.3 Å². The molecule has 3 N–H and O–H groups in total. The van der Waals surface area contributed by atoms with E-state index < -0.39 is 0 Å². The van der Waals surface area contributed by atoms with E-state index in [9.17, 15) is 0 Å². The summed E-state index contributed by atoms with van der Waals surface area (Å²) in [5, 5.41) is 3.48. The molecular formula is C9H20N2O. The minimum Gasteiger partial charge on any atom is -0.380 e. The van der Waals surface area contributed by atoms with Gasteiger partial charge in [-0.15, -0.1) is 0 Å². The molecule has 1 unspecified atom stereocenters. The fourth-order valence-electron chi connectivity index (χ4n) is 1.48. The van der Waals surface area contributed by atoms with Gasteiger partial charge in [0.2, 0.25) is 0 Å². The van der Waals surface area contributed by atoms with E-state index in [4.69, 9.17) is 10.5 Å². The largest absolute Gasteiger partial charge is 0.380 e. The van der Waals surface area contributed by atoms with Crippen molar-refractivity contribution in [3.05, 3.63) is 0 Å². The van der Waals surface area contributed by atoms with Crippen LogP contribution in [0.15, 0.2) is 0 Å². The number of unbranched alkanes of at least 4 members (excludes halogenated alkanes) is 1. The van der Waals surface area contributed by atoms with E-state index >= 15 is 0 Å². The van der Waals surface area contributed by atoms with Crippen molar-refractivity contribution >= 4 is 0 Å². The monoisotopic (exact) mass is 172 g/mol. The lowest BCUT2D eigenvalue weighted by Crippen LogP contribution is -2.37. The maximum absolute atomic E-state index is 5.40. The number of nitrogens with two attached hydrogens (primary N) is 1. The first-order valence-electron chi connectivity index (χ1n) is 4.94. The molecule has 1 aliphatic rings. The zero-order valence-electron chi connectivity index (χ0n) is 7.72. The summed E-state index contributed by atoms with van der Waals surface area (Å²) in [5.74, 6) is 0. The van der Waals surface area contributed by atoms with Crippen LogP contribution in [0.4, 0.5) is 0 Å². The van der Waals surface area contributed by atoms with Gasteiger partial charge in [-0.05, 0) is 38.8 Å². The molecule has 1 atom stereocenters. The van der Waals surface area contributed by atoms with E-state index in [0.29, 0.717) is 6.04 Å². The maximum atomic E-state index is 5.40. The Hall–Kier alpha value is -0.120. The highest BCUT2D eigenvalue weighted by atomic mass is 16.5. The highest BCUT2D eigenvalue weighted by Crippen LogP contribution is 2.05. The van der Waals surface area contributed by atoms with Crippen molar-refractivity contribution in [3.63, 3.8) is 0 Å². The van der Waals surface area contributed by atoms with Crippen LogP contribution < -0.4 is 11.1 Å². The molecule has 0 aromatic heterocycles. The number of rotatable bonds is 5. The van der Waals surface area contributed by atoms with Gasteiger partial charge in [0, 0.05) is 12.6 Å². The third-order valence-electron chi connectivity index (χ3n) is 2.22. The molecule has 0 aliphatic carbocycles. The summed E-state index contributed by atoms with van der Waals surface area (Å²) in [5.41, 5.74) is 5.40. The summed E-state index contributed by atoms with van der Waals surface area (Å²) in [6.45, 7) is 3.73. The normalized spacial score (nSPS) is 24.2. The molecule has 1 rings (SSSR count). The van der Waals surface area contributed by atoms with Crippen LogP contribution in [0.1, 0.15) is 25.7 Å². The second kappa shape index (κ2) is 6.40. The molecule has 72 valence electrons. The van der Waals surface area contributed by atoms with Crippen LogP contribution in [-0.2, 0) is 4.74 Å². The van der Waals surface area contributed by atoms with Crippen molar-refractivity contribution in [2.24, 2.45) is 5.73 Å². The first-order valence-corrected chi connectivity index (χ1v) is 4.94. The van der Waals surface area contributed by atoms with Gasteiger partial charge in [0.15, 0.2) is 0 Å². The third-order valence-corrected chi connectivity index (χ3v) is 2.22. The Balaban J connectivity index is 1.91. The molecule has 1 aliphatic heterocycles. The number of hydrogen-bond donors (Lipinski definition) is 2. The summed E-state index contributed by atoms with van der Waals surface area (Å²) < 4.78 is 5.35. The van der Waals surface area contributed by atoms with Gasteiger partial charge < -0.3 is 15.8 Å². The Kier molecular flexibility index (Phi) is 5.32. The van der Waals surface area contributed by atoms with Crippen LogP contribution in [0.5, 0.6) is 0 Å². The van der Waals surface area contributed by atoms with Crippen LogP contribution in [0.3, 0.4) is 0 Å². The van der Waals surface area contributed by atoms with Gasteiger partial charge in [0.25, 0.3) is 0 Å². The van der Waals surface area contributed by atoms with Crippen molar-refractivity contribution < 1.29 is 4.74 Å². The number of hydrogen-bond acceptors (Lipinski definition) is 3. The first-order chi connectivity index (χ1) is 5.93. The van der Waals surface area contributed by atoms with E-state index in [-0.39, 0.29) is 0 Å². The summed E-state index contributed by atoms with van der Waals surface area (Å²) in [6, 6.07) is 0.594. The Morgan fingerprint density at radius 1 is 1.42 bits per heavy atom. The lowest BCUT2D eigenvalue weighted by atomic mass is 10.1. The van der Waals surface area contributed by atoms with Crippen molar-refractivity contribution in [3.8, 4) is 0 Å². The molecule has 0 spiro atoms. The second-order valence-corrected chi connectivity index (χ2v) is 3.36. The average molecular weight is 172 g/mol. The third kappa shape index (κ3) is 4.04. The van der Waals surface area contributed by atoms with Crippen molar-refractivity contribution in [2.75, 3.05) is 26.3 Å². The molecule has 0 aromatic carbocycles. The maximum Gasteiger partial charge on any atom is 0.0619 e. The quantitative estimate of drug-likeness (QED) is 0.593. The predicted molar refractivity (Wildman–Crippen MR) is 50.1 cm³/mol. The highest BCUT2D eigenvalue weighted by Gasteiger charge is 2.11. The molecule has 0 radical (unpaired) electrons. The fraction of sp³-hybridized carbons (Fsp3) is 1.00. The van der Waals surface area contributed by atoms with Crippen molar-refractivity contribution in [1.82, 2.24) is 5.32 Å². The van der Waals surface area contributed by atoms with Gasteiger partial charge in [-0.1, -0.05) is 0 Å². The lowest BCUT2D eigenvalue weighted by Gasteiger charge is -2.23. The Labute approximate surface area is 74.7 Å². The van der Waals surface area contributed by atoms with E-state index in [1.807, 2.05) is 0 Å². The van der Waals surface area contributed by atoms with E-state index in [1.165, 1.54) is 19.3 Å². The second-order valence-electron chi connectivity index (χ2n) is 3.36. The zero-order chi connectivity index (χ0) is 8.65. The van der Waals surface area contributed by atoms with Crippen LogP contribution in [-0.4, -0.2) is 32.3 Å². The van der Waals surface area contributed by atoms with Crippen LogP contribution in [0, 0.1) is 0 Å². The molecule has 0 saturated carbocycles. The molecule has 0 aromatic rings. The highest BCUT2D eigenvalue weighted by molar-refractivity contribution is 4.69. The van der Waals surface area contributed by atoms with Gasteiger partial charge in [-0.3, -0.25) is 0 Å². The molecule has 12 heavy (non-hydrogen) atoms. The summed E-state index contributed by atoms with van der Waals surface area (Å²) >= 11 is 0. The van der Waals surface area contributed by atoms with E-state index in [2.05, 4.69) is 5.32 Å². The summed E-state index contributed by atoms with van der Waals surface area (Å²) in [7, 11) is 0. The minimum absolute atomic E-state index is 0.594. The number of ether oxygens (including phenoxy) is 1. The zero-order valence-corrected chi connectivity index (χ0v) is 7.72. The Bertz CT molecular complexity index is 103.